The molecule has 0 aliphatic carbocycles. The molecule has 2 rings (SSSR count). The molecule has 4 nitrogen and oxygen atoms in total. The van der Waals surface area contributed by atoms with E-state index in [1.54, 1.807) is 0 Å². The quantitative estimate of drug-likeness (QED) is 0.820. The van der Waals surface area contributed by atoms with Gasteiger partial charge in [0.1, 0.15) is 19.0 Å². The molecule has 0 radical (unpaired) electrons. The van der Waals surface area contributed by atoms with Crippen LogP contribution in [0.15, 0.2) is 24.3 Å². The van der Waals surface area contributed by atoms with E-state index in [9.17, 15) is 4.21 Å². The van der Waals surface area contributed by atoms with Crippen molar-refractivity contribution in [2.24, 2.45) is 0 Å². The second kappa shape index (κ2) is 8.05. The normalized spacial score (nSPS) is 16.4. The molecule has 0 spiro atoms. The molecule has 0 saturated carbocycles. The van der Waals surface area contributed by atoms with Crippen molar-refractivity contribution >= 4 is 10.8 Å². The zero-order valence-corrected chi connectivity index (χ0v) is 12.2. The Hall–Kier alpha value is -1.35. The summed E-state index contributed by atoms with van der Waals surface area (Å²) in [5, 5.41) is 8.67. The van der Waals surface area contributed by atoms with E-state index in [0.29, 0.717) is 6.61 Å². The van der Waals surface area contributed by atoms with Crippen LogP contribution >= 0.6 is 0 Å². The van der Waals surface area contributed by atoms with Crippen molar-refractivity contribution in [1.82, 2.24) is 4.90 Å². The van der Waals surface area contributed by atoms with Gasteiger partial charge in [-0.1, -0.05) is 17.9 Å². The predicted molar refractivity (Wildman–Crippen MR) is 80.2 cm³/mol. The summed E-state index contributed by atoms with van der Waals surface area (Å²) in [5.74, 6) is 7.80. The Kier molecular flexibility index (Phi) is 6.06. The van der Waals surface area contributed by atoms with Crippen LogP contribution in [0.4, 0.5) is 0 Å². The summed E-state index contributed by atoms with van der Waals surface area (Å²) < 4.78 is 17.0. The highest BCUT2D eigenvalue weighted by atomic mass is 32.2. The fourth-order valence-electron chi connectivity index (χ4n) is 2.00. The van der Waals surface area contributed by atoms with Gasteiger partial charge < -0.3 is 9.84 Å². The molecule has 108 valence electrons. The molecule has 20 heavy (non-hydrogen) atoms. The van der Waals surface area contributed by atoms with Crippen molar-refractivity contribution in [3.05, 3.63) is 29.8 Å². The lowest BCUT2D eigenvalue weighted by atomic mass is 10.2. The maximum atomic E-state index is 11.3. The highest BCUT2D eigenvalue weighted by Gasteiger charge is 2.14. The molecular weight excluding hydrogens is 274 g/mol. The fourth-order valence-corrected chi connectivity index (χ4v) is 3.12. The van der Waals surface area contributed by atoms with Crippen LogP contribution in [0.1, 0.15) is 5.56 Å². The second-order valence-electron chi connectivity index (χ2n) is 4.53. The van der Waals surface area contributed by atoms with Gasteiger partial charge in [-0.2, -0.15) is 0 Å². The largest absolute Gasteiger partial charge is 0.492 e. The van der Waals surface area contributed by atoms with Gasteiger partial charge in [-0.25, -0.2) is 0 Å². The molecule has 5 heteroatoms. The minimum Gasteiger partial charge on any atom is -0.492 e. The van der Waals surface area contributed by atoms with Crippen molar-refractivity contribution in [2.75, 3.05) is 44.4 Å². The van der Waals surface area contributed by atoms with Gasteiger partial charge in [-0.15, -0.1) is 0 Å². The summed E-state index contributed by atoms with van der Waals surface area (Å²) in [7, 11) is -0.627. The Balaban J connectivity index is 1.77. The van der Waals surface area contributed by atoms with Gasteiger partial charge in [-0.05, 0) is 18.2 Å². The van der Waals surface area contributed by atoms with Crippen LogP contribution in [0.2, 0.25) is 0 Å². The topological polar surface area (TPSA) is 49.8 Å². The maximum absolute atomic E-state index is 11.3. The highest BCUT2D eigenvalue weighted by Crippen LogP contribution is 2.12. The lowest BCUT2D eigenvalue weighted by Crippen LogP contribution is -2.39. The van der Waals surface area contributed by atoms with Crippen molar-refractivity contribution in [1.29, 1.82) is 0 Å². The smallest absolute Gasteiger partial charge is 0.120 e. The van der Waals surface area contributed by atoms with E-state index in [-0.39, 0.29) is 6.61 Å². The first-order valence-electron chi connectivity index (χ1n) is 6.68. The Morgan fingerprint density at radius 1 is 1.35 bits per heavy atom. The highest BCUT2D eigenvalue weighted by molar-refractivity contribution is 7.85. The number of ether oxygens (including phenoxy) is 1. The minimum atomic E-state index is -0.627. The first kappa shape index (κ1) is 15.0. The molecule has 0 amide bonds. The molecule has 1 aliphatic heterocycles. The number of aliphatic hydroxyl groups excluding tert-OH is 1. The van der Waals surface area contributed by atoms with Crippen molar-refractivity contribution < 1.29 is 14.1 Å². The van der Waals surface area contributed by atoms with E-state index < -0.39 is 10.8 Å². The van der Waals surface area contributed by atoms with Crippen molar-refractivity contribution in [3.8, 4) is 17.6 Å². The fraction of sp³-hybridized carbons (Fsp3) is 0.467. The van der Waals surface area contributed by atoms with E-state index >= 15 is 0 Å². The van der Waals surface area contributed by atoms with E-state index in [2.05, 4.69) is 16.7 Å². The molecule has 1 aromatic carbocycles. The van der Waals surface area contributed by atoms with Gasteiger partial charge in [0.15, 0.2) is 0 Å². The summed E-state index contributed by atoms with van der Waals surface area (Å²) in [4.78, 5) is 2.27. The average molecular weight is 293 g/mol. The van der Waals surface area contributed by atoms with Gasteiger partial charge in [-0.3, -0.25) is 9.11 Å². The van der Waals surface area contributed by atoms with E-state index in [0.717, 1.165) is 42.5 Å². The van der Waals surface area contributed by atoms with Crippen LogP contribution in [0.25, 0.3) is 0 Å². The van der Waals surface area contributed by atoms with E-state index in [1.165, 1.54) is 0 Å². The molecule has 1 N–H and O–H groups in total. The van der Waals surface area contributed by atoms with Crippen LogP contribution in [0, 0.1) is 11.8 Å². The third kappa shape index (κ3) is 4.97. The Morgan fingerprint density at radius 3 is 2.90 bits per heavy atom. The lowest BCUT2D eigenvalue weighted by Gasteiger charge is -2.25. The average Bonchev–Trinajstić information content (AvgIpc) is 2.48. The number of benzene rings is 1. The molecule has 1 saturated heterocycles. The van der Waals surface area contributed by atoms with Gasteiger partial charge >= 0.3 is 0 Å². The molecule has 1 fully saturated rings. The SMILES string of the molecule is O=S1CCN(CCOc2cccc(C#CCO)c2)CC1. The van der Waals surface area contributed by atoms with E-state index in [4.69, 9.17) is 9.84 Å². The van der Waals surface area contributed by atoms with Gasteiger partial charge in [0.05, 0.1) is 0 Å². The summed E-state index contributed by atoms with van der Waals surface area (Å²) in [6.07, 6.45) is 0. The van der Waals surface area contributed by atoms with Crippen LogP contribution in [-0.4, -0.2) is 58.6 Å². The van der Waals surface area contributed by atoms with Crippen LogP contribution in [0.3, 0.4) is 0 Å². The summed E-state index contributed by atoms with van der Waals surface area (Å²) in [6, 6.07) is 7.54. The number of rotatable bonds is 4. The third-order valence-electron chi connectivity index (χ3n) is 3.09. The summed E-state index contributed by atoms with van der Waals surface area (Å²) in [5.41, 5.74) is 0.838. The van der Waals surface area contributed by atoms with Crippen LogP contribution in [-0.2, 0) is 10.8 Å². The maximum Gasteiger partial charge on any atom is 0.120 e. The Bertz CT molecular complexity index is 511. The van der Waals surface area contributed by atoms with Gasteiger partial charge in [0.2, 0.25) is 0 Å². The Morgan fingerprint density at radius 2 is 2.15 bits per heavy atom. The molecule has 1 aliphatic rings. The third-order valence-corrected chi connectivity index (χ3v) is 4.37. The van der Waals surface area contributed by atoms with E-state index in [1.807, 2.05) is 24.3 Å². The summed E-state index contributed by atoms with van der Waals surface area (Å²) in [6.45, 7) is 3.10. The molecule has 0 atom stereocenters. The zero-order chi connectivity index (χ0) is 14.2. The first-order valence-corrected chi connectivity index (χ1v) is 8.16. The predicted octanol–water partition coefficient (Wildman–Crippen LogP) is 0.473. The van der Waals surface area contributed by atoms with Gasteiger partial charge in [0, 0.05) is 47.5 Å². The first-order chi connectivity index (χ1) is 9.78. The monoisotopic (exact) mass is 293 g/mol. The lowest BCUT2D eigenvalue weighted by molar-refractivity contribution is 0.221. The standard InChI is InChI=1S/C15H19NO3S/c17-9-2-4-14-3-1-5-15(13-14)19-10-6-16-7-11-20(18)12-8-16/h1,3,5,13,17H,6-12H2. The molecule has 0 aromatic heterocycles. The molecule has 0 unspecified atom stereocenters. The van der Waals surface area contributed by atoms with Crippen molar-refractivity contribution in [3.63, 3.8) is 0 Å². The van der Waals surface area contributed by atoms with Crippen LogP contribution < -0.4 is 4.74 Å². The number of hydrogen-bond donors (Lipinski definition) is 1. The zero-order valence-electron chi connectivity index (χ0n) is 11.4. The second-order valence-corrected chi connectivity index (χ2v) is 6.22. The number of hydrogen-bond acceptors (Lipinski definition) is 4. The molecule has 0 bridgehead atoms. The number of aliphatic hydroxyl groups is 1. The van der Waals surface area contributed by atoms with Gasteiger partial charge in [0.25, 0.3) is 0 Å². The minimum absolute atomic E-state index is 0.137. The van der Waals surface area contributed by atoms with Crippen molar-refractivity contribution in [2.45, 2.75) is 0 Å². The molecule has 1 heterocycles. The number of nitrogens with zero attached hydrogens (tertiary/aromatic N) is 1. The summed E-state index contributed by atoms with van der Waals surface area (Å²) >= 11 is 0. The van der Waals surface area contributed by atoms with Crippen LogP contribution in [0.5, 0.6) is 5.75 Å². The molecular formula is C15H19NO3S. The Labute approximate surface area is 122 Å². The molecule has 1 aromatic rings.